The Morgan fingerprint density at radius 3 is 2.39 bits per heavy atom. The maximum absolute atomic E-state index is 12.6. The third-order valence-electron chi connectivity index (χ3n) is 3.71. The van der Waals surface area contributed by atoms with Crippen molar-refractivity contribution in [1.29, 1.82) is 0 Å². The van der Waals surface area contributed by atoms with E-state index in [-0.39, 0.29) is 11.3 Å². The Hall–Kier alpha value is -1.32. The maximum Gasteiger partial charge on any atom is 0.416 e. The quantitative estimate of drug-likeness (QED) is 0.713. The van der Waals surface area contributed by atoms with Gasteiger partial charge in [0, 0.05) is 11.0 Å². The summed E-state index contributed by atoms with van der Waals surface area (Å²) < 4.78 is 37.8. The lowest BCUT2D eigenvalue weighted by atomic mass is 9.80. The van der Waals surface area contributed by atoms with E-state index < -0.39 is 17.2 Å². The standard InChI is InChI=1S/C14H15F3O/c1-13(7-2-3-8-13)12(18)10-5-4-6-11(9-10)14(15,16)17/h4-6,9H,2-3,7-8H2,1H3. The molecule has 1 saturated carbocycles. The van der Waals surface area contributed by atoms with Crippen molar-refractivity contribution in [2.75, 3.05) is 0 Å². The van der Waals surface area contributed by atoms with Crippen LogP contribution in [0.25, 0.3) is 0 Å². The highest BCUT2D eigenvalue weighted by Crippen LogP contribution is 2.41. The fraction of sp³-hybridized carbons (Fsp3) is 0.500. The lowest BCUT2D eigenvalue weighted by molar-refractivity contribution is -0.137. The van der Waals surface area contributed by atoms with E-state index in [9.17, 15) is 18.0 Å². The molecule has 1 aromatic carbocycles. The van der Waals surface area contributed by atoms with Gasteiger partial charge in [-0.1, -0.05) is 31.9 Å². The van der Waals surface area contributed by atoms with Gasteiger partial charge < -0.3 is 0 Å². The lowest BCUT2D eigenvalue weighted by Crippen LogP contribution is -2.24. The van der Waals surface area contributed by atoms with Crippen molar-refractivity contribution in [2.45, 2.75) is 38.8 Å². The molecular weight excluding hydrogens is 241 g/mol. The molecule has 18 heavy (non-hydrogen) atoms. The van der Waals surface area contributed by atoms with Crippen molar-refractivity contribution >= 4 is 5.78 Å². The molecule has 1 fully saturated rings. The number of hydrogen-bond acceptors (Lipinski definition) is 1. The Balaban J connectivity index is 2.31. The normalized spacial score (nSPS) is 18.9. The van der Waals surface area contributed by atoms with E-state index in [1.165, 1.54) is 12.1 Å². The van der Waals surface area contributed by atoms with Gasteiger partial charge in [0.25, 0.3) is 0 Å². The van der Waals surface area contributed by atoms with Crippen LogP contribution >= 0.6 is 0 Å². The molecule has 0 N–H and O–H groups in total. The van der Waals surface area contributed by atoms with Crippen LogP contribution in [0.3, 0.4) is 0 Å². The second-order valence-electron chi connectivity index (χ2n) is 5.18. The van der Waals surface area contributed by atoms with Crippen molar-refractivity contribution in [1.82, 2.24) is 0 Å². The fourth-order valence-electron chi connectivity index (χ4n) is 2.57. The van der Waals surface area contributed by atoms with Crippen LogP contribution in [0.2, 0.25) is 0 Å². The molecule has 1 aromatic rings. The van der Waals surface area contributed by atoms with E-state index in [1.54, 1.807) is 0 Å². The van der Waals surface area contributed by atoms with E-state index in [1.807, 2.05) is 6.92 Å². The van der Waals surface area contributed by atoms with Crippen molar-refractivity contribution in [3.8, 4) is 0 Å². The number of carbonyl (C=O) groups is 1. The van der Waals surface area contributed by atoms with Gasteiger partial charge in [-0.25, -0.2) is 0 Å². The molecule has 0 radical (unpaired) electrons. The molecule has 98 valence electrons. The first-order valence-electron chi connectivity index (χ1n) is 6.05. The van der Waals surface area contributed by atoms with Crippen LogP contribution in [-0.4, -0.2) is 5.78 Å². The first kappa shape index (κ1) is 13.1. The Morgan fingerprint density at radius 2 is 1.83 bits per heavy atom. The first-order valence-corrected chi connectivity index (χ1v) is 6.05. The number of halogens is 3. The number of hydrogen-bond donors (Lipinski definition) is 0. The summed E-state index contributed by atoms with van der Waals surface area (Å²) in [6.45, 7) is 1.85. The molecular formula is C14H15F3O. The molecule has 1 aliphatic rings. The first-order chi connectivity index (χ1) is 8.33. The highest BCUT2D eigenvalue weighted by atomic mass is 19.4. The van der Waals surface area contributed by atoms with Gasteiger partial charge in [-0.2, -0.15) is 13.2 Å². The predicted octanol–water partition coefficient (Wildman–Crippen LogP) is 4.47. The Morgan fingerprint density at radius 1 is 1.22 bits per heavy atom. The van der Waals surface area contributed by atoms with Gasteiger partial charge in [-0.05, 0) is 25.0 Å². The lowest BCUT2D eigenvalue weighted by Gasteiger charge is -2.22. The van der Waals surface area contributed by atoms with Gasteiger partial charge in [-0.3, -0.25) is 4.79 Å². The summed E-state index contributed by atoms with van der Waals surface area (Å²) in [6, 6.07) is 4.73. The number of benzene rings is 1. The molecule has 0 bridgehead atoms. The van der Waals surface area contributed by atoms with E-state index in [0.717, 1.165) is 37.8 Å². The van der Waals surface area contributed by atoms with E-state index >= 15 is 0 Å². The zero-order valence-electron chi connectivity index (χ0n) is 10.2. The van der Waals surface area contributed by atoms with E-state index in [4.69, 9.17) is 0 Å². The molecule has 0 heterocycles. The molecule has 0 saturated heterocycles. The van der Waals surface area contributed by atoms with E-state index in [2.05, 4.69) is 0 Å². The van der Waals surface area contributed by atoms with Crippen molar-refractivity contribution in [2.24, 2.45) is 5.41 Å². The molecule has 0 atom stereocenters. The average Bonchev–Trinajstić information content (AvgIpc) is 2.75. The highest BCUT2D eigenvalue weighted by Gasteiger charge is 2.38. The van der Waals surface area contributed by atoms with E-state index in [0.29, 0.717) is 0 Å². The second kappa shape index (κ2) is 4.41. The Bertz CT molecular complexity index is 456. The SMILES string of the molecule is CC1(C(=O)c2cccc(C(F)(F)F)c2)CCCC1. The predicted molar refractivity (Wildman–Crippen MR) is 62.3 cm³/mol. The third kappa shape index (κ3) is 2.42. The monoisotopic (exact) mass is 256 g/mol. The number of alkyl halides is 3. The van der Waals surface area contributed by atoms with Crippen LogP contribution in [0, 0.1) is 5.41 Å². The third-order valence-corrected chi connectivity index (χ3v) is 3.71. The minimum Gasteiger partial charge on any atom is -0.294 e. The molecule has 0 unspecified atom stereocenters. The van der Waals surface area contributed by atoms with Crippen LogP contribution < -0.4 is 0 Å². The molecule has 0 spiro atoms. The number of carbonyl (C=O) groups excluding carboxylic acids is 1. The molecule has 0 amide bonds. The summed E-state index contributed by atoms with van der Waals surface area (Å²) in [4.78, 5) is 12.3. The van der Waals surface area contributed by atoms with Gasteiger partial charge in [0.05, 0.1) is 5.56 Å². The van der Waals surface area contributed by atoms with Crippen LogP contribution in [-0.2, 0) is 6.18 Å². The Kier molecular flexibility index (Phi) is 3.21. The van der Waals surface area contributed by atoms with Crippen molar-refractivity contribution in [3.05, 3.63) is 35.4 Å². The van der Waals surface area contributed by atoms with Crippen LogP contribution in [0.1, 0.15) is 48.5 Å². The van der Waals surface area contributed by atoms with Crippen molar-refractivity contribution in [3.63, 3.8) is 0 Å². The summed E-state index contributed by atoms with van der Waals surface area (Å²) in [7, 11) is 0. The minimum atomic E-state index is -4.40. The average molecular weight is 256 g/mol. The molecule has 4 heteroatoms. The van der Waals surface area contributed by atoms with Gasteiger partial charge in [0.15, 0.2) is 5.78 Å². The summed E-state index contributed by atoms with van der Waals surface area (Å²) in [5.74, 6) is -0.161. The smallest absolute Gasteiger partial charge is 0.294 e. The number of Topliss-reactive ketones (excluding diaryl/α,β-unsaturated/α-hetero) is 1. The van der Waals surface area contributed by atoms with Crippen LogP contribution in [0.5, 0.6) is 0 Å². The Labute approximate surface area is 104 Å². The van der Waals surface area contributed by atoms with Gasteiger partial charge >= 0.3 is 6.18 Å². The molecule has 0 aliphatic heterocycles. The maximum atomic E-state index is 12.6. The number of ketones is 1. The molecule has 1 aliphatic carbocycles. The summed E-state index contributed by atoms with van der Waals surface area (Å²) in [5, 5.41) is 0. The molecule has 1 nitrogen and oxygen atoms in total. The largest absolute Gasteiger partial charge is 0.416 e. The topological polar surface area (TPSA) is 17.1 Å². The zero-order valence-corrected chi connectivity index (χ0v) is 10.2. The highest BCUT2D eigenvalue weighted by molar-refractivity contribution is 6.00. The van der Waals surface area contributed by atoms with Gasteiger partial charge in [0.1, 0.15) is 0 Å². The summed E-state index contributed by atoms with van der Waals surface area (Å²) in [6.07, 6.45) is -0.917. The van der Waals surface area contributed by atoms with Gasteiger partial charge in [-0.15, -0.1) is 0 Å². The number of rotatable bonds is 2. The molecule has 0 aromatic heterocycles. The van der Waals surface area contributed by atoms with Gasteiger partial charge in [0.2, 0.25) is 0 Å². The summed E-state index contributed by atoms with van der Waals surface area (Å²) >= 11 is 0. The second-order valence-corrected chi connectivity index (χ2v) is 5.18. The van der Waals surface area contributed by atoms with Crippen molar-refractivity contribution < 1.29 is 18.0 Å². The summed E-state index contributed by atoms with van der Waals surface area (Å²) in [5.41, 5.74) is -1.06. The molecule has 2 rings (SSSR count). The minimum absolute atomic E-state index is 0.161. The van der Waals surface area contributed by atoms with Crippen LogP contribution in [0.15, 0.2) is 24.3 Å². The zero-order chi connectivity index (χ0) is 13.4. The fourth-order valence-corrected chi connectivity index (χ4v) is 2.57. The van der Waals surface area contributed by atoms with Crippen LogP contribution in [0.4, 0.5) is 13.2 Å².